The van der Waals surface area contributed by atoms with Gasteiger partial charge in [-0.2, -0.15) is 5.26 Å². The average Bonchev–Trinajstić information content (AvgIpc) is 2.81. The number of anilines is 2. The van der Waals surface area contributed by atoms with E-state index in [0.29, 0.717) is 0 Å². The van der Waals surface area contributed by atoms with Gasteiger partial charge >= 0.3 is 6.09 Å². The predicted octanol–water partition coefficient (Wildman–Crippen LogP) is 4.81. The van der Waals surface area contributed by atoms with Gasteiger partial charge in [-0.05, 0) is 36.4 Å². The average molecular weight is 465 g/mol. The number of carboxylic acid groups (broad SMARTS) is 1. The summed E-state index contributed by atoms with van der Waals surface area (Å²) in [5.74, 6) is -2.86. The number of halogens is 2. The van der Waals surface area contributed by atoms with Crippen LogP contribution in [0.4, 0.5) is 25.0 Å². The number of hydrogen-bond donors (Lipinski definition) is 3. The Kier molecular flexibility index (Phi) is 7.18. The summed E-state index contributed by atoms with van der Waals surface area (Å²) >= 11 is 0. The van der Waals surface area contributed by atoms with E-state index < -0.39 is 35.8 Å². The molecule has 0 atom stereocenters. The highest BCUT2D eigenvalue weighted by atomic mass is 19.1. The second-order valence-corrected chi connectivity index (χ2v) is 6.99. The van der Waals surface area contributed by atoms with Gasteiger partial charge in [-0.1, -0.05) is 12.1 Å². The largest absolute Gasteiger partial charge is 0.496 e. The second-order valence-electron chi connectivity index (χ2n) is 6.99. The van der Waals surface area contributed by atoms with Crippen LogP contribution in [0.3, 0.4) is 0 Å². The van der Waals surface area contributed by atoms with Crippen LogP contribution in [0.25, 0.3) is 11.1 Å². The number of ketones is 1. The van der Waals surface area contributed by atoms with Gasteiger partial charge in [-0.15, -0.1) is 0 Å². The zero-order valence-corrected chi connectivity index (χ0v) is 17.7. The Hall–Kier alpha value is -4.78. The highest BCUT2D eigenvalue weighted by Crippen LogP contribution is 2.39. The van der Waals surface area contributed by atoms with Crippen LogP contribution < -0.4 is 15.4 Å². The van der Waals surface area contributed by atoms with Crippen molar-refractivity contribution in [1.29, 1.82) is 5.26 Å². The lowest BCUT2D eigenvalue weighted by Crippen LogP contribution is -2.19. The first-order valence-electron chi connectivity index (χ1n) is 9.72. The number of benzene rings is 3. The SMILES string of the molecule is COc1cc(NC(=O)O)c(NC(=O)CC(=O)c2cccc(C#N)c2)cc1-c1cc(F)ccc1F. The van der Waals surface area contributed by atoms with Crippen molar-refractivity contribution in [2.45, 2.75) is 6.42 Å². The molecular weight excluding hydrogens is 448 g/mol. The van der Waals surface area contributed by atoms with E-state index in [2.05, 4.69) is 10.6 Å². The van der Waals surface area contributed by atoms with E-state index >= 15 is 0 Å². The lowest BCUT2D eigenvalue weighted by atomic mass is 10.0. The first kappa shape index (κ1) is 23.9. The van der Waals surface area contributed by atoms with Crippen molar-refractivity contribution in [3.8, 4) is 22.9 Å². The van der Waals surface area contributed by atoms with Gasteiger partial charge in [0.05, 0.1) is 36.5 Å². The molecule has 0 aliphatic rings. The van der Waals surface area contributed by atoms with E-state index in [1.165, 1.54) is 43.5 Å². The molecule has 2 amide bonds. The van der Waals surface area contributed by atoms with E-state index in [1.807, 2.05) is 6.07 Å². The molecule has 10 heteroatoms. The van der Waals surface area contributed by atoms with Crippen molar-refractivity contribution in [1.82, 2.24) is 0 Å². The van der Waals surface area contributed by atoms with Crippen LogP contribution in [0.2, 0.25) is 0 Å². The van der Waals surface area contributed by atoms with Gasteiger partial charge in [0.1, 0.15) is 17.4 Å². The number of nitriles is 1. The molecule has 0 saturated heterocycles. The van der Waals surface area contributed by atoms with Gasteiger partial charge in [0, 0.05) is 22.8 Å². The number of Topliss-reactive ketones (excluding diaryl/α,β-unsaturated/α-hetero) is 1. The number of hydrogen-bond acceptors (Lipinski definition) is 5. The molecule has 0 bridgehead atoms. The van der Waals surface area contributed by atoms with E-state index in [9.17, 15) is 23.2 Å². The molecule has 8 nitrogen and oxygen atoms in total. The summed E-state index contributed by atoms with van der Waals surface area (Å²) in [6.45, 7) is 0. The third-order valence-corrected chi connectivity index (χ3v) is 4.71. The smallest absolute Gasteiger partial charge is 0.409 e. The molecule has 0 radical (unpaired) electrons. The molecule has 3 aromatic rings. The first-order valence-corrected chi connectivity index (χ1v) is 9.72. The first-order chi connectivity index (χ1) is 16.2. The molecule has 0 fully saturated rings. The van der Waals surface area contributed by atoms with Crippen molar-refractivity contribution >= 4 is 29.2 Å². The number of carbonyl (C=O) groups excluding carboxylic acids is 2. The van der Waals surface area contributed by atoms with Crippen LogP contribution in [-0.2, 0) is 4.79 Å². The maximum atomic E-state index is 14.4. The summed E-state index contributed by atoms with van der Waals surface area (Å²) in [7, 11) is 1.26. The Bertz CT molecular complexity index is 1330. The van der Waals surface area contributed by atoms with Crippen LogP contribution in [-0.4, -0.2) is 30.0 Å². The number of rotatable bonds is 7. The fraction of sp³-hybridized carbons (Fsp3) is 0.0833. The van der Waals surface area contributed by atoms with Crippen molar-refractivity contribution in [2.24, 2.45) is 0 Å². The second kappa shape index (κ2) is 10.2. The van der Waals surface area contributed by atoms with Gasteiger partial charge in [-0.3, -0.25) is 14.9 Å². The van der Waals surface area contributed by atoms with Crippen LogP contribution in [0.1, 0.15) is 22.3 Å². The summed E-state index contributed by atoms with van der Waals surface area (Å²) in [5, 5.41) is 22.6. The molecule has 0 unspecified atom stereocenters. The quantitative estimate of drug-likeness (QED) is 0.339. The molecule has 0 heterocycles. The minimum Gasteiger partial charge on any atom is -0.496 e. The molecule has 0 spiro atoms. The van der Waals surface area contributed by atoms with Crippen molar-refractivity contribution < 1.29 is 33.0 Å². The lowest BCUT2D eigenvalue weighted by Gasteiger charge is -2.17. The van der Waals surface area contributed by atoms with Crippen molar-refractivity contribution in [3.63, 3.8) is 0 Å². The van der Waals surface area contributed by atoms with Gasteiger partial charge in [0.15, 0.2) is 5.78 Å². The van der Waals surface area contributed by atoms with E-state index in [0.717, 1.165) is 18.2 Å². The van der Waals surface area contributed by atoms with Gasteiger partial charge in [0.2, 0.25) is 5.91 Å². The summed E-state index contributed by atoms with van der Waals surface area (Å²) in [6, 6.07) is 12.9. The number of methoxy groups -OCH3 is 1. The molecule has 0 aromatic heterocycles. The van der Waals surface area contributed by atoms with Crippen LogP contribution in [0, 0.1) is 23.0 Å². The molecule has 3 N–H and O–H groups in total. The van der Waals surface area contributed by atoms with E-state index in [1.54, 1.807) is 0 Å². The zero-order chi connectivity index (χ0) is 24.8. The number of nitrogens with zero attached hydrogens (tertiary/aromatic N) is 1. The minimum absolute atomic E-state index is 0.00986. The molecule has 0 saturated carbocycles. The normalized spacial score (nSPS) is 10.2. The summed E-state index contributed by atoms with van der Waals surface area (Å²) in [4.78, 5) is 36.3. The predicted molar refractivity (Wildman–Crippen MR) is 119 cm³/mol. The molecule has 3 rings (SSSR count). The topological polar surface area (TPSA) is 129 Å². The van der Waals surface area contributed by atoms with Crippen molar-refractivity contribution in [3.05, 3.63) is 77.4 Å². The third-order valence-electron chi connectivity index (χ3n) is 4.71. The molecule has 3 aromatic carbocycles. The summed E-state index contributed by atoms with van der Waals surface area (Å²) < 4.78 is 33.4. The minimum atomic E-state index is -1.45. The standard InChI is InChI=1S/C24H17F2N3O5/c1-34-22-10-20(29-24(32)33)19(9-17(22)16-8-15(25)5-6-18(16)26)28-23(31)11-21(30)14-4-2-3-13(7-14)12-27/h2-10,29H,11H2,1H3,(H,28,31)(H,32,33). The Labute approximate surface area is 192 Å². The number of ether oxygens (including phenoxy) is 1. The third kappa shape index (κ3) is 5.52. The lowest BCUT2D eigenvalue weighted by molar-refractivity contribution is -0.115. The van der Waals surface area contributed by atoms with Gasteiger partial charge in [0.25, 0.3) is 0 Å². The Balaban J connectivity index is 1.97. The van der Waals surface area contributed by atoms with Gasteiger partial charge < -0.3 is 15.2 Å². The van der Waals surface area contributed by atoms with Crippen LogP contribution in [0.5, 0.6) is 5.75 Å². The Morgan fingerprint density at radius 1 is 1.00 bits per heavy atom. The summed E-state index contributed by atoms with van der Waals surface area (Å²) in [6.07, 6.45) is -2.07. The van der Waals surface area contributed by atoms with Gasteiger partial charge in [-0.25, -0.2) is 13.6 Å². The van der Waals surface area contributed by atoms with Crippen molar-refractivity contribution in [2.75, 3.05) is 17.7 Å². The summed E-state index contributed by atoms with van der Waals surface area (Å²) in [5.41, 5.74) is 0.0338. The van der Waals surface area contributed by atoms with Crippen LogP contribution >= 0.6 is 0 Å². The zero-order valence-electron chi connectivity index (χ0n) is 17.7. The maximum absolute atomic E-state index is 14.4. The van der Waals surface area contributed by atoms with Crippen LogP contribution in [0.15, 0.2) is 54.6 Å². The van der Waals surface area contributed by atoms with E-state index in [4.69, 9.17) is 15.1 Å². The number of nitrogens with one attached hydrogen (secondary N) is 2. The van der Waals surface area contributed by atoms with E-state index in [-0.39, 0.29) is 39.4 Å². The monoisotopic (exact) mass is 465 g/mol. The molecular formula is C24H17F2N3O5. The number of carbonyl (C=O) groups is 3. The molecule has 34 heavy (non-hydrogen) atoms. The highest BCUT2D eigenvalue weighted by molar-refractivity contribution is 6.12. The Morgan fingerprint density at radius 2 is 1.74 bits per heavy atom. The molecule has 172 valence electrons. The Morgan fingerprint density at radius 3 is 2.41 bits per heavy atom. The molecule has 0 aliphatic carbocycles. The molecule has 0 aliphatic heterocycles. The fourth-order valence-corrected chi connectivity index (χ4v) is 3.19. The maximum Gasteiger partial charge on any atom is 0.409 e. The fourth-order valence-electron chi connectivity index (χ4n) is 3.19. The number of amides is 2. The highest BCUT2D eigenvalue weighted by Gasteiger charge is 2.20.